The highest BCUT2D eigenvalue weighted by atomic mass is 32.1. The normalized spacial score (nSPS) is 14.5. The summed E-state index contributed by atoms with van der Waals surface area (Å²) < 4.78 is 5.90. The van der Waals surface area contributed by atoms with Crippen LogP contribution in [0.1, 0.15) is 64.0 Å². The maximum Gasteiger partial charge on any atom is 0.261 e. The van der Waals surface area contributed by atoms with Gasteiger partial charge in [-0.2, -0.15) is 0 Å². The van der Waals surface area contributed by atoms with Crippen LogP contribution in [0, 0.1) is 20.8 Å². The molecule has 1 fully saturated rings. The SMILES string of the molecule is Cc1ccc([C@H](C(=O)NC2CCCC2)N(C(=O)CNC(=O)c2cccs2)c2cccc(C)c2C)o1. The van der Waals surface area contributed by atoms with Crippen LogP contribution >= 0.6 is 11.3 Å². The third kappa shape index (κ3) is 5.65. The fourth-order valence-electron chi connectivity index (χ4n) is 4.47. The van der Waals surface area contributed by atoms with Gasteiger partial charge < -0.3 is 15.1 Å². The number of nitrogens with one attached hydrogen (secondary N) is 2. The van der Waals surface area contributed by atoms with Gasteiger partial charge >= 0.3 is 0 Å². The second kappa shape index (κ2) is 10.9. The van der Waals surface area contributed by atoms with Crippen molar-refractivity contribution in [1.82, 2.24) is 10.6 Å². The topological polar surface area (TPSA) is 91.7 Å². The van der Waals surface area contributed by atoms with Crippen LogP contribution in [0.25, 0.3) is 0 Å². The van der Waals surface area contributed by atoms with Gasteiger partial charge in [0.1, 0.15) is 11.5 Å². The van der Waals surface area contributed by atoms with Crippen molar-refractivity contribution in [2.75, 3.05) is 11.4 Å². The van der Waals surface area contributed by atoms with Crippen LogP contribution in [0.5, 0.6) is 0 Å². The Morgan fingerprint density at radius 2 is 1.83 bits per heavy atom. The maximum absolute atomic E-state index is 13.7. The maximum atomic E-state index is 13.7. The van der Waals surface area contributed by atoms with E-state index < -0.39 is 11.9 Å². The van der Waals surface area contributed by atoms with Crippen molar-refractivity contribution in [2.45, 2.75) is 58.5 Å². The Kier molecular flexibility index (Phi) is 7.70. The fraction of sp³-hybridized carbons (Fsp3) is 0.370. The molecule has 0 radical (unpaired) electrons. The Labute approximate surface area is 209 Å². The Hall–Kier alpha value is -3.39. The summed E-state index contributed by atoms with van der Waals surface area (Å²) in [6.07, 6.45) is 3.99. The highest BCUT2D eigenvalue weighted by Crippen LogP contribution is 2.33. The molecule has 3 amide bonds. The minimum atomic E-state index is -1.00. The number of thiophene rings is 1. The lowest BCUT2D eigenvalue weighted by atomic mass is 10.0. The monoisotopic (exact) mass is 493 g/mol. The molecule has 0 bridgehead atoms. The van der Waals surface area contributed by atoms with E-state index in [0.717, 1.165) is 36.8 Å². The van der Waals surface area contributed by atoms with E-state index in [1.807, 2.05) is 37.4 Å². The lowest BCUT2D eigenvalue weighted by molar-refractivity contribution is -0.127. The van der Waals surface area contributed by atoms with Crippen molar-refractivity contribution in [3.63, 3.8) is 0 Å². The van der Waals surface area contributed by atoms with E-state index in [1.54, 1.807) is 31.2 Å². The first-order valence-corrected chi connectivity index (χ1v) is 12.8. The molecule has 1 aliphatic rings. The van der Waals surface area contributed by atoms with Crippen molar-refractivity contribution in [1.29, 1.82) is 0 Å². The third-order valence-corrected chi connectivity index (χ3v) is 7.36. The lowest BCUT2D eigenvalue weighted by Gasteiger charge is -2.32. The number of carbonyl (C=O) groups excluding carboxylic acids is 3. The molecule has 0 saturated heterocycles. The molecule has 1 atom stereocenters. The quantitative estimate of drug-likeness (QED) is 0.470. The fourth-order valence-corrected chi connectivity index (χ4v) is 5.11. The zero-order chi connectivity index (χ0) is 24.9. The van der Waals surface area contributed by atoms with Gasteiger partial charge in [-0.3, -0.25) is 19.3 Å². The molecule has 7 nitrogen and oxygen atoms in total. The summed E-state index contributed by atoms with van der Waals surface area (Å²) in [5.41, 5.74) is 2.49. The molecule has 0 unspecified atom stereocenters. The Morgan fingerprint density at radius 3 is 2.49 bits per heavy atom. The van der Waals surface area contributed by atoms with Crippen molar-refractivity contribution in [3.05, 3.63) is 75.4 Å². The minimum Gasteiger partial charge on any atom is -0.464 e. The van der Waals surface area contributed by atoms with Gasteiger partial charge in [0.15, 0.2) is 6.04 Å². The molecule has 3 aromatic rings. The van der Waals surface area contributed by atoms with Crippen LogP contribution in [0.2, 0.25) is 0 Å². The van der Waals surface area contributed by atoms with E-state index in [0.29, 0.717) is 22.1 Å². The second-order valence-electron chi connectivity index (χ2n) is 8.98. The average molecular weight is 494 g/mol. The number of nitrogens with zero attached hydrogens (tertiary/aromatic N) is 1. The summed E-state index contributed by atoms with van der Waals surface area (Å²) in [6, 6.07) is 11.7. The number of aryl methyl sites for hydroxylation is 2. The molecule has 1 saturated carbocycles. The summed E-state index contributed by atoms with van der Waals surface area (Å²) in [7, 11) is 0. The number of amides is 3. The molecular formula is C27H31N3O4S. The number of carbonyl (C=O) groups is 3. The van der Waals surface area contributed by atoms with E-state index in [-0.39, 0.29) is 24.4 Å². The first kappa shape index (κ1) is 24.7. The average Bonchev–Trinajstić information content (AvgIpc) is 3.61. The zero-order valence-electron chi connectivity index (χ0n) is 20.3. The van der Waals surface area contributed by atoms with Crippen LogP contribution < -0.4 is 15.5 Å². The zero-order valence-corrected chi connectivity index (χ0v) is 21.1. The van der Waals surface area contributed by atoms with Crippen molar-refractivity contribution in [3.8, 4) is 0 Å². The molecule has 1 aromatic carbocycles. The molecule has 0 spiro atoms. The van der Waals surface area contributed by atoms with E-state index in [1.165, 1.54) is 16.2 Å². The van der Waals surface area contributed by atoms with E-state index >= 15 is 0 Å². The van der Waals surface area contributed by atoms with Gasteiger partial charge in [0.25, 0.3) is 11.8 Å². The smallest absolute Gasteiger partial charge is 0.261 e. The van der Waals surface area contributed by atoms with Gasteiger partial charge in [-0.15, -0.1) is 11.3 Å². The number of anilines is 1. The first-order valence-electron chi connectivity index (χ1n) is 11.9. The number of rotatable bonds is 8. The molecule has 184 valence electrons. The standard InChI is InChI=1S/C27H31N3O4S/c1-17-8-6-11-21(19(17)3)30(24(31)16-28-26(32)23-12-7-15-35-23)25(22-14-13-18(2)34-22)27(33)29-20-9-4-5-10-20/h6-8,11-15,20,25H,4-5,9-10,16H2,1-3H3,(H,28,32)(H,29,33)/t25-/m1/s1. The van der Waals surface area contributed by atoms with Gasteiger partial charge in [0, 0.05) is 11.7 Å². The highest BCUT2D eigenvalue weighted by Gasteiger charge is 2.37. The van der Waals surface area contributed by atoms with Gasteiger partial charge in [-0.1, -0.05) is 31.0 Å². The first-order chi connectivity index (χ1) is 16.8. The number of hydrogen-bond acceptors (Lipinski definition) is 5. The molecule has 35 heavy (non-hydrogen) atoms. The molecule has 2 heterocycles. The van der Waals surface area contributed by atoms with Gasteiger partial charge in [0.2, 0.25) is 5.91 Å². The van der Waals surface area contributed by atoms with Gasteiger partial charge in [-0.25, -0.2) is 0 Å². The van der Waals surface area contributed by atoms with E-state index in [2.05, 4.69) is 10.6 Å². The summed E-state index contributed by atoms with van der Waals surface area (Å²) >= 11 is 1.30. The summed E-state index contributed by atoms with van der Waals surface area (Å²) in [4.78, 5) is 42.0. The third-order valence-electron chi connectivity index (χ3n) is 6.49. The van der Waals surface area contributed by atoms with Crippen LogP contribution in [0.15, 0.2) is 52.3 Å². The highest BCUT2D eigenvalue weighted by molar-refractivity contribution is 7.12. The molecular weight excluding hydrogens is 462 g/mol. The van der Waals surface area contributed by atoms with E-state index in [9.17, 15) is 14.4 Å². The van der Waals surface area contributed by atoms with Gasteiger partial charge in [0.05, 0.1) is 11.4 Å². The molecule has 4 rings (SSSR count). The lowest BCUT2D eigenvalue weighted by Crippen LogP contribution is -2.49. The predicted octanol–water partition coefficient (Wildman–Crippen LogP) is 4.83. The van der Waals surface area contributed by atoms with Crippen LogP contribution in [-0.4, -0.2) is 30.3 Å². The van der Waals surface area contributed by atoms with Crippen molar-refractivity contribution < 1.29 is 18.8 Å². The minimum absolute atomic E-state index is 0.0788. The summed E-state index contributed by atoms with van der Waals surface area (Å²) in [5.74, 6) is 0.0271. The van der Waals surface area contributed by atoms with Crippen molar-refractivity contribution in [2.24, 2.45) is 0 Å². The molecule has 2 N–H and O–H groups in total. The molecule has 1 aliphatic carbocycles. The van der Waals surface area contributed by atoms with Gasteiger partial charge in [-0.05, 0) is 74.4 Å². The summed E-state index contributed by atoms with van der Waals surface area (Å²) in [6.45, 7) is 5.44. The predicted molar refractivity (Wildman–Crippen MR) is 137 cm³/mol. The largest absolute Gasteiger partial charge is 0.464 e. The summed E-state index contributed by atoms with van der Waals surface area (Å²) in [5, 5.41) is 7.65. The second-order valence-corrected chi connectivity index (χ2v) is 9.93. The number of benzene rings is 1. The van der Waals surface area contributed by atoms with Crippen molar-refractivity contribution >= 4 is 34.7 Å². The number of furan rings is 1. The Morgan fingerprint density at radius 1 is 1.06 bits per heavy atom. The van der Waals surface area contributed by atoms with Crippen LogP contribution in [-0.2, 0) is 9.59 Å². The molecule has 8 heteroatoms. The molecule has 0 aliphatic heterocycles. The Bertz CT molecular complexity index is 1190. The van der Waals surface area contributed by atoms with Crippen LogP contribution in [0.3, 0.4) is 0 Å². The van der Waals surface area contributed by atoms with E-state index in [4.69, 9.17) is 4.42 Å². The number of hydrogen-bond donors (Lipinski definition) is 2. The Balaban J connectivity index is 1.70. The molecule has 2 aromatic heterocycles. The van der Waals surface area contributed by atoms with Crippen LogP contribution in [0.4, 0.5) is 5.69 Å².